The number of carbonyl (C=O) groups is 2. The molecule has 2 aromatic carbocycles. The van der Waals surface area contributed by atoms with Gasteiger partial charge in [0.25, 0.3) is 11.6 Å². The van der Waals surface area contributed by atoms with Crippen LogP contribution >= 0.6 is 0 Å². The first-order chi connectivity index (χ1) is 16.0. The third-order valence-corrected chi connectivity index (χ3v) is 5.53. The van der Waals surface area contributed by atoms with Crippen LogP contribution in [0.2, 0.25) is 0 Å². The van der Waals surface area contributed by atoms with Crippen molar-refractivity contribution in [2.45, 2.75) is 19.3 Å². The molecule has 0 bridgehead atoms. The van der Waals surface area contributed by atoms with Crippen molar-refractivity contribution in [1.82, 2.24) is 5.32 Å². The summed E-state index contributed by atoms with van der Waals surface area (Å²) in [6.07, 6.45) is 2.52. The van der Waals surface area contributed by atoms with E-state index in [1.165, 1.54) is 12.1 Å². The number of amides is 1. The van der Waals surface area contributed by atoms with Crippen LogP contribution in [0.1, 0.15) is 28.8 Å². The maximum absolute atomic E-state index is 12.3. The molecule has 10 heteroatoms. The SMILES string of the molecule is O=C(COC(=O)c1ccc(N2CCCC2)c([N+](=O)[O-])c1)NCCc1ccc2c(c1)OCCO2. The minimum absolute atomic E-state index is 0.0359. The molecule has 1 amide bonds. The van der Waals surface area contributed by atoms with E-state index in [-0.39, 0.29) is 11.3 Å². The summed E-state index contributed by atoms with van der Waals surface area (Å²) in [7, 11) is 0. The summed E-state index contributed by atoms with van der Waals surface area (Å²) < 4.78 is 16.1. The Hall–Kier alpha value is -3.82. The van der Waals surface area contributed by atoms with E-state index in [0.29, 0.717) is 43.4 Å². The number of hydrogen-bond donors (Lipinski definition) is 1. The number of ether oxygens (including phenoxy) is 3. The second kappa shape index (κ2) is 10.2. The second-order valence-corrected chi connectivity index (χ2v) is 7.81. The predicted molar refractivity (Wildman–Crippen MR) is 119 cm³/mol. The number of benzene rings is 2. The zero-order valence-electron chi connectivity index (χ0n) is 18.1. The van der Waals surface area contributed by atoms with Crippen LogP contribution in [0.3, 0.4) is 0 Å². The van der Waals surface area contributed by atoms with Gasteiger partial charge in [0, 0.05) is 25.7 Å². The lowest BCUT2D eigenvalue weighted by Crippen LogP contribution is -2.30. The maximum Gasteiger partial charge on any atom is 0.338 e. The molecule has 2 heterocycles. The molecule has 33 heavy (non-hydrogen) atoms. The molecular formula is C23H25N3O7. The molecule has 0 radical (unpaired) electrons. The van der Waals surface area contributed by atoms with Gasteiger partial charge in [0.15, 0.2) is 18.1 Å². The van der Waals surface area contributed by atoms with Gasteiger partial charge in [-0.3, -0.25) is 14.9 Å². The van der Waals surface area contributed by atoms with E-state index in [0.717, 1.165) is 31.5 Å². The van der Waals surface area contributed by atoms with Gasteiger partial charge in [-0.2, -0.15) is 0 Å². The average Bonchev–Trinajstić information content (AvgIpc) is 3.37. The van der Waals surface area contributed by atoms with Gasteiger partial charge in [-0.15, -0.1) is 0 Å². The summed E-state index contributed by atoms with van der Waals surface area (Å²) >= 11 is 0. The molecule has 0 saturated carbocycles. The molecule has 1 N–H and O–H groups in total. The van der Waals surface area contributed by atoms with Gasteiger partial charge in [0.1, 0.15) is 18.9 Å². The zero-order valence-corrected chi connectivity index (χ0v) is 18.1. The van der Waals surface area contributed by atoms with Crippen LogP contribution in [-0.2, 0) is 16.0 Å². The Labute approximate surface area is 190 Å². The van der Waals surface area contributed by atoms with Crippen LogP contribution in [-0.4, -0.2) is 56.3 Å². The third-order valence-electron chi connectivity index (χ3n) is 5.53. The normalized spacial score (nSPS) is 14.6. The van der Waals surface area contributed by atoms with Crippen LogP contribution < -0.4 is 19.7 Å². The summed E-state index contributed by atoms with van der Waals surface area (Å²) in [6, 6.07) is 9.87. The number of anilines is 1. The Morgan fingerprint density at radius 3 is 2.58 bits per heavy atom. The quantitative estimate of drug-likeness (QED) is 0.366. The van der Waals surface area contributed by atoms with E-state index in [1.807, 2.05) is 23.1 Å². The molecule has 1 saturated heterocycles. The molecule has 4 rings (SSSR count). The van der Waals surface area contributed by atoms with E-state index in [9.17, 15) is 19.7 Å². The van der Waals surface area contributed by atoms with E-state index in [2.05, 4.69) is 5.32 Å². The van der Waals surface area contributed by atoms with Gasteiger partial charge >= 0.3 is 5.97 Å². The summed E-state index contributed by atoms with van der Waals surface area (Å²) in [4.78, 5) is 37.3. The van der Waals surface area contributed by atoms with Crippen molar-refractivity contribution in [3.63, 3.8) is 0 Å². The highest BCUT2D eigenvalue weighted by Crippen LogP contribution is 2.32. The van der Waals surface area contributed by atoms with Crippen molar-refractivity contribution >= 4 is 23.3 Å². The smallest absolute Gasteiger partial charge is 0.338 e. The van der Waals surface area contributed by atoms with Gasteiger partial charge in [0.2, 0.25) is 0 Å². The Morgan fingerprint density at radius 2 is 1.82 bits per heavy atom. The molecule has 0 spiro atoms. The second-order valence-electron chi connectivity index (χ2n) is 7.81. The van der Waals surface area contributed by atoms with Gasteiger partial charge in [-0.1, -0.05) is 6.07 Å². The first kappa shape index (κ1) is 22.4. The van der Waals surface area contributed by atoms with Gasteiger partial charge in [-0.25, -0.2) is 4.79 Å². The summed E-state index contributed by atoms with van der Waals surface area (Å²) in [5, 5.41) is 14.2. The summed E-state index contributed by atoms with van der Waals surface area (Å²) in [6.45, 7) is 2.40. The van der Waals surface area contributed by atoms with Gasteiger partial charge in [-0.05, 0) is 49.1 Å². The average molecular weight is 455 g/mol. The number of nitrogens with one attached hydrogen (secondary N) is 1. The molecule has 2 aliphatic heterocycles. The number of hydrogen-bond acceptors (Lipinski definition) is 8. The molecule has 174 valence electrons. The van der Waals surface area contributed by atoms with E-state index in [1.54, 1.807) is 6.07 Å². The Kier molecular flexibility index (Phi) is 6.92. The molecule has 0 atom stereocenters. The van der Waals surface area contributed by atoms with Crippen LogP contribution in [0, 0.1) is 10.1 Å². The fraction of sp³-hybridized carbons (Fsp3) is 0.391. The lowest BCUT2D eigenvalue weighted by Gasteiger charge is -2.18. The maximum atomic E-state index is 12.3. The number of esters is 1. The first-order valence-electron chi connectivity index (χ1n) is 10.9. The predicted octanol–water partition coefficient (Wildman–Crippen LogP) is 2.48. The molecule has 0 unspecified atom stereocenters. The van der Waals surface area contributed by atoms with E-state index >= 15 is 0 Å². The molecule has 0 aromatic heterocycles. The van der Waals surface area contributed by atoms with Gasteiger partial charge in [0.05, 0.1) is 10.5 Å². The monoisotopic (exact) mass is 455 g/mol. The lowest BCUT2D eigenvalue weighted by molar-refractivity contribution is -0.384. The van der Waals surface area contributed by atoms with Crippen LogP contribution in [0.5, 0.6) is 11.5 Å². The Balaban J connectivity index is 1.26. The van der Waals surface area contributed by atoms with Crippen molar-refractivity contribution in [3.8, 4) is 11.5 Å². The standard InChI is InChI=1S/C23H25N3O7/c27-22(24-8-7-16-3-6-20-21(13-16)32-12-11-31-20)15-33-23(28)17-4-5-18(19(14-17)26(29)30)25-9-1-2-10-25/h3-6,13-14H,1-2,7-12,15H2,(H,24,27). The first-order valence-corrected chi connectivity index (χ1v) is 10.9. The molecule has 1 fully saturated rings. The topological polar surface area (TPSA) is 120 Å². The number of nitrogens with zero attached hydrogens (tertiary/aromatic N) is 2. The van der Waals surface area contributed by atoms with Crippen LogP contribution in [0.25, 0.3) is 0 Å². The zero-order chi connectivity index (χ0) is 23.2. The van der Waals surface area contributed by atoms with E-state index < -0.39 is 23.4 Å². The van der Waals surface area contributed by atoms with Crippen molar-refractivity contribution in [1.29, 1.82) is 0 Å². The number of rotatable bonds is 8. The van der Waals surface area contributed by atoms with Crippen molar-refractivity contribution in [2.75, 3.05) is 44.4 Å². The van der Waals surface area contributed by atoms with Crippen molar-refractivity contribution in [2.24, 2.45) is 0 Å². The van der Waals surface area contributed by atoms with Crippen molar-refractivity contribution < 1.29 is 28.7 Å². The molecular weight excluding hydrogens is 430 g/mol. The number of nitro benzene ring substituents is 1. The number of fused-ring (bicyclic) bond motifs is 1. The highest BCUT2D eigenvalue weighted by molar-refractivity contribution is 5.93. The van der Waals surface area contributed by atoms with Crippen LogP contribution in [0.4, 0.5) is 11.4 Å². The lowest BCUT2D eigenvalue weighted by atomic mass is 10.1. The summed E-state index contributed by atoms with van der Waals surface area (Å²) in [5.41, 5.74) is 1.36. The fourth-order valence-electron chi connectivity index (χ4n) is 3.88. The summed E-state index contributed by atoms with van der Waals surface area (Å²) in [5.74, 6) is 0.149. The highest BCUT2D eigenvalue weighted by Gasteiger charge is 2.24. The number of carbonyl (C=O) groups excluding carboxylic acids is 2. The number of nitro groups is 1. The van der Waals surface area contributed by atoms with Gasteiger partial charge < -0.3 is 24.4 Å². The Bertz CT molecular complexity index is 1050. The third kappa shape index (κ3) is 5.51. The van der Waals surface area contributed by atoms with Crippen LogP contribution in [0.15, 0.2) is 36.4 Å². The molecule has 2 aromatic rings. The largest absolute Gasteiger partial charge is 0.486 e. The fourth-order valence-corrected chi connectivity index (χ4v) is 3.88. The van der Waals surface area contributed by atoms with E-state index in [4.69, 9.17) is 14.2 Å². The minimum Gasteiger partial charge on any atom is -0.486 e. The molecule has 2 aliphatic rings. The Morgan fingerprint density at radius 1 is 1.06 bits per heavy atom. The minimum atomic E-state index is -0.784. The molecule has 0 aliphatic carbocycles. The molecule has 10 nitrogen and oxygen atoms in total. The van der Waals surface area contributed by atoms with Crippen molar-refractivity contribution in [3.05, 3.63) is 57.6 Å². The highest BCUT2D eigenvalue weighted by atomic mass is 16.6.